The number of ether oxygens (including phenoxy) is 1. The van der Waals surface area contributed by atoms with E-state index < -0.39 is 16.9 Å². The zero-order valence-electron chi connectivity index (χ0n) is 12.5. The highest BCUT2D eigenvalue weighted by atomic mass is 32.2. The molecular weight excluding hydrogens is 298 g/mol. The maximum Gasteiger partial charge on any atom is 0.120 e. The van der Waals surface area contributed by atoms with Crippen molar-refractivity contribution in [2.75, 3.05) is 37.7 Å². The molecule has 1 atom stereocenters. The summed E-state index contributed by atoms with van der Waals surface area (Å²) in [4.78, 5) is 2.15. The van der Waals surface area contributed by atoms with Crippen molar-refractivity contribution >= 4 is 21.6 Å². The largest absolute Gasteiger partial charge is 0.491 e. The van der Waals surface area contributed by atoms with Crippen molar-refractivity contribution in [2.45, 2.75) is 6.10 Å². The van der Waals surface area contributed by atoms with Gasteiger partial charge in [-0.05, 0) is 22.9 Å². The molecule has 0 radical (unpaired) electrons. The van der Waals surface area contributed by atoms with Crippen molar-refractivity contribution in [3.8, 4) is 5.75 Å². The monoisotopic (exact) mass is 319 g/mol. The third-order valence-corrected chi connectivity index (χ3v) is 5.18. The van der Waals surface area contributed by atoms with Gasteiger partial charge in [0.15, 0.2) is 0 Å². The molecule has 0 aromatic heterocycles. The maximum atomic E-state index is 11.3. The van der Waals surface area contributed by atoms with Crippen LogP contribution in [0.1, 0.15) is 0 Å². The quantitative estimate of drug-likeness (QED) is 0.910. The van der Waals surface area contributed by atoms with Gasteiger partial charge < -0.3 is 9.84 Å². The Hall–Kier alpha value is -1.43. The molecule has 1 unspecified atom stereocenters. The summed E-state index contributed by atoms with van der Waals surface area (Å²) >= 11 is 0. The van der Waals surface area contributed by atoms with Gasteiger partial charge in [0.05, 0.1) is 0 Å². The molecule has 3 rings (SSSR count). The van der Waals surface area contributed by atoms with Crippen LogP contribution in [-0.2, 0) is 10.8 Å². The van der Waals surface area contributed by atoms with Crippen molar-refractivity contribution in [2.24, 2.45) is 0 Å². The SMILES string of the molecule is O=S1CCN(CC(O)COc2ccc3ccccc3c2)CC1. The summed E-state index contributed by atoms with van der Waals surface area (Å²) < 4.78 is 17.0. The molecular formula is C17H21NO3S. The molecule has 1 aliphatic rings. The fourth-order valence-electron chi connectivity index (χ4n) is 2.66. The summed E-state index contributed by atoms with van der Waals surface area (Å²) in [5, 5.41) is 12.4. The third kappa shape index (κ3) is 4.06. The average Bonchev–Trinajstić information content (AvgIpc) is 2.55. The molecule has 1 N–H and O–H groups in total. The van der Waals surface area contributed by atoms with E-state index in [1.807, 2.05) is 36.4 Å². The molecule has 1 fully saturated rings. The normalized spacial score (nSPS) is 18.4. The number of aliphatic hydroxyl groups is 1. The highest BCUT2D eigenvalue weighted by Crippen LogP contribution is 2.20. The summed E-state index contributed by atoms with van der Waals surface area (Å²) in [7, 11) is -0.677. The Kier molecular flexibility index (Phi) is 5.08. The molecule has 2 aromatic carbocycles. The van der Waals surface area contributed by atoms with Gasteiger partial charge in [-0.2, -0.15) is 0 Å². The van der Waals surface area contributed by atoms with E-state index in [9.17, 15) is 9.32 Å². The summed E-state index contributed by atoms with van der Waals surface area (Å²) in [6.45, 7) is 2.43. The van der Waals surface area contributed by atoms with E-state index in [4.69, 9.17) is 4.74 Å². The number of benzene rings is 2. The van der Waals surface area contributed by atoms with Gasteiger partial charge in [0.2, 0.25) is 0 Å². The molecule has 0 spiro atoms. The van der Waals surface area contributed by atoms with Crippen molar-refractivity contribution in [3.05, 3.63) is 42.5 Å². The van der Waals surface area contributed by atoms with Gasteiger partial charge >= 0.3 is 0 Å². The van der Waals surface area contributed by atoms with E-state index in [1.165, 1.54) is 5.39 Å². The highest BCUT2D eigenvalue weighted by Gasteiger charge is 2.18. The van der Waals surface area contributed by atoms with Crippen LogP contribution in [-0.4, -0.2) is 58.1 Å². The van der Waals surface area contributed by atoms with Gasteiger partial charge in [0.1, 0.15) is 18.5 Å². The fourth-order valence-corrected chi connectivity index (χ4v) is 3.79. The number of nitrogens with zero attached hydrogens (tertiary/aromatic N) is 1. The van der Waals surface area contributed by atoms with E-state index in [-0.39, 0.29) is 6.61 Å². The van der Waals surface area contributed by atoms with Crippen LogP contribution in [0.3, 0.4) is 0 Å². The molecule has 1 aliphatic heterocycles. The Balaban J connectivity index is 1.51. The van der Waals surface area contributed by atoms with Gasteiger partial charge in [0.25, 0.3) is 0 Å². The summed E-state index contributed by atoms with van der Waals surface area (Å²) in [5.74, 6) is 2.19. The average molecular weight is 319 g/mol. The molecule has 118 valence electrons. The predicted octanol–water partition coefficient (Wildman–Crippen LogP) is 1.64. The second kappa shape index (κ2) is 7.22. The second-order valence-corrected chi connectivity index (χ2v) is 7.32. The number of hydrogen-bond acceptors (Lipinski definition) is 4. The number of hydrogen-bond donors (Lipinski definition) is 1. The standard InChI is InChI=1S/C17H21NO3S/c19-16(12-18-7-9-22(20)10-8-18)13-21-17-6-5-14-3-1-2-4-15(14)11-17/h1-6,11,16,19H,7-10,12-13H2. The van der Waals surface area contributed by atoms with Crippen molar-refractivity contribution in [3.63, 3.8) is 0 Å². The van der Waals surface area contributed by atoms with E-state index in [1.54, 1.807) is 0 Å². The third-order valence-electron chi connectivity index (χ3n) is 3.90. The zero-order chi connectivity index (χ0) is 15.4. The molecule has 0 aliphatic carbocycles. The lowest BCUT2D eigenvalue weighted by Gasteiger charge is -2.28. The Morgan fingerprint density at radius 1 is 1.14 bits per heavy atom. The molecule has 0 bridgehead atoms. The molecule has 4 nitrogen and oxygen atoms in total. The van der Waals surface area contributed by atoms with Crippen LogP contribution in [0.5, 0.6) is 5.75 Å². The number of fused-ring (bicyclic) bond motifs is 1. The van der Waals surface area contributed by atoms with Gasteiger partial charge in [-0.1, -0.05) is 30.3 Å². The lowest BCUT2D eigenvalue weighted by molar-refractivity contribution is 0.0713. The molecule has 0 saturated carbocycles. The van der Waals surface area contributed by atoms with Gasteiger partial charge in [-0.3, -0.25) is 9.11 Å². The lowest BCUT2D eigenvalue weighted by atomic mass is 10.1. The number of aliphatic hydroxyl groups excluding tert-OH is 1. The van der Waals surface area contributed by atoms with Gasteiger partial charge in [-0.25, -0.2) is 0 Å². The topological polar surface area (TPSA) is 49.8 Å². The van der Waals surface area contributed by atoms with Gasteiger partial charge in [0, 0.05) is 41.9 Å². The molecule has 5 heteroatoms. The predicted molar refractivity (Wildman–Crippen MR) is 89.8 cm³/mol. The Morgan fingerprint density at radius 3 is 2.64 bits per heavy atom. The second-order valence-electron chi connectivity index (χ2n) is 5.62. The molecule has 1 heterocycles. The lowest BCUT2D eigenvalue weighted by Crippen LogP contribution is -2.43. The first-order valence-corrected chi connectivity index (χ1v) is 9.06. The molecule has 1 saturated heterocycles. The summed E-state index contributed by atoms with van der Waals surface area (Å²) in [6.07, 6.45) is -0.530. The minimum absolute atomic E-state index is 0.276. The summed E-state index contributed by atoms with van der Waals surface area (Å²) in [5.41, 5.74) is 0. The first kappa shape index (κ1) is 15.5. The van der Waals surface area contributed by atoms with Crippen LogP contribution < -0.4 is 4.74 Å². The Bertz CT molecular complexity index is 651. The van der Waals surface area contributed by atoms with E-state index in [0.717, 1.165) is 24.2 Å². The van der Waals surface area contributed by atoms with Crippen LogP contribution in [0.25, 0.3) is 10.8 Å². The van der Waals surface area contributed by atoms with Crippen LogP contribution in [0.15, 0.2) is 42.5 Å². The van der Waals surface area contributed by atoms with Crippen molar-refractivity contribution in [1.29, 1.82) is 0 Å². The van der Waals surface area contributed by atoms with Crippen LogP contribution in [0.4, 0.5) is 0 Å². The highest BCUT2D eigenvalue weighted by molar-refractivity contribution is 7.85. The Labute approximate surface area is 133 Å². The van der Waals surface area contributed by atoms with Gasteiger partial charge in [-0.15, -0.1) is 0 Å². The smallest absolute Gasteiger partial charge is 0.120 e. The Morgan fingerprint density at radius 2 is 1.86 bits per heavy atom. The van der Waals surface area contributed by atoms with E-state index >= 15 is 0 Å². The first-order chi connectivity index (χ1) is 10.7. The molecule has 0 amide bonds. The van der Waals surface area contributed by atoms with Crippen LogP contribution in [0.2, 0.25) is 0 Å². The number of rotatable bonds is 5. The van der Waals surface area contributed by atoms with E-state index in [2.05, 4.69) is 11.0 Å². The summed E-state index contributed by atoms with van der Waals surface area (Å²) in [6, 6.07) is 14.1. The zero-order valence-corrected chi connectivity index (χ0v) is 13.3. The molecule has 22 heavy (non-hydrogen) atoms. The first-order valence-electron chi connectivity index (χ1n) is 7.58. The minimum atomic E-state index is -0.677. The van der Waals surface area contributed by atoms with Crippen molar-refractivity contribution < 1.29 is 14.1 Å². The van der Waals surface area contributed by atoms with Crippen LogP contribution in [0, 0.1) is 0 Å². The van der Waals surface area contributed by atoms with Crippen molar-refractivity contribution in [1.82, 2.24) is 4.90 Å². The maximum absolute atomic E-state index is 11.3. The number of β-amino-alcohol motifs (C(OH)–C–C–N with tert-alkyl or cyclic N) is 1. The molecule has 2 aromatic rings. The minimum Gasteiger partial charge on any atom is -0.491 e. The van der Waals surface area contributed by atoms with Crippen LogP contribution >= 0.6 is 0 Å². The fraction of sp³-hybridized carbons (Fsp3) is 0.412. The van der Waals surface area contributed by atoms with E-state index in [0.29, 0.717) is 18.1 Å².